The first kappa shape index (κ1) is 11.1. The van der Waals surface area contributed by atoms with E-state index in [-0.39, 0.29) is 11.1 Å². The van der Waals surface area contributed by atoms with Crippen LogP contribution in [0.25, 0.3) is 0 Å². The van der Waals surface area contributed by atoms with Crippen molar-refractivity contribution in [3.63, 3.8) is 0 Å². The lowest BCUT2D eigenvalue weighted by Crippen LogP contribution is -2.22. The molecule has 14 heavy (non-hydrogen) atoms. The lowest BCUT2D eigenvalue weighted by molar-refractivity contribution is 0.0485. The van der Waals surface area contributed by atoms with Gasteiger partial charge in [0.15, 0.2) is 11.6 Å². The Hall–Kier alpha value is -0.960. The van der Waals surface area contributed by atoms with Gasteiger partial charge in [0.05, 0.1) is 5.60 Å². The van der Waals surface area contributed by atoms with Gasteiger partial charge >= 0.3 is 0 Å². The van der Waals surface area contributed by atoms with Crippen molar-refractivity contribution >= 4 is 0 Å². The summed E-state index contributed by atoms with van der Waals surface area (Å²) in [6.07, 6.45) is 0.340. The Morgan fingerprint density at radius 3 is 2.36 bits per heavy atom. The fourth-order valence-electron chi connectivity index (χ4n) is 1.25. The van der Waals surface area contributed by atoms with Gasteiger partial charge in [0.1, 0.15) is 0 Å². The summed E-state index contributed by atoms with van der Waals surface area (Å²) in [4.78, 5) is 0. The summed E-state index contributed by atoms with van der Waals surface area (Å²) in [5.74, 6) is -1.83. The molecule has 0 fully saturated rings. The molecule has 0 aliphatic rings. The van der Waals surface area contributed by atoms with E-state index in [9.17, 15) is 13.9 Å². The minimum absolute atomic E-state index is 0.0168. The molecule has 0 amide bonds. The zero-order valence-electron chi connectivity index (χ0n) is 8.56. The van der Waals surface area contributed by atoms with Crippen LogP contribution in [0, 0.1) is 18.6 Å². The number of aryl methyl sites for hydroxylation is 1. The molecule has 3 heteroatoms. The summed E-state index contributed by atoms with van der Waals surface area (Å²) in [6, 6.07) is 2.90. The van der Waals surface area contributed by atoms with Crippen molar-refractivity contribution in [3.8, 4) is 0 Å². The molecule has 0 aliphatic heterocycles. The second-order valence-electron chi connectivity index (χ2n) is 3.69. The minimum atomic E-state index is -1.31. The van der Waals surface area contributed by atoms with Gasteiger partial charge in [-0.1, -0.05) is 19.1 Å². The lowest BCUT2D eigenvalue weighted by atomic mass is 9.92. The quantitative estimate of drug-likeness (QED) is 0.778. The molecular weight excluding hydrogens is 186 g/mol. The summed E-state index contributed by atoms with van der Waals surface area (Å²) in [7, 11) is 0. The highest BCUT2D eigenvalue weighted by Gasteiger charge is 2.26. The fourth-order valence-corrected chi connectivity index (χ4v) is 1.25. The third-order valence-corrected chi connectivity index (χ3v) is 2.54. The third kappa shape index (κ3) is 1.77. The van der Waals surface area contributed by atoms with Crippen LogP contribution in [0.5, 0.6) is 0 Å². The minimum Gasteiger partial charge on any atom is -0.385 e. The molecule has 0 aliphatic carbocycles. The van der Waals surface area contributed by atoms with Gasteiger partial charge in [0.25, 0.3) is 0 Å². The molecule has 1 rings (SSSR count). The standard InChI is InChI=1S/C11H14F2O/c1-4-11(3,14)8-6-5-7(2)9(12)10(8)13/h5-6,14H,4H2,1-3H3. The predicted molar refractivity (Wildman–Crippen MR) is 51.0 cm³/mol. The Balaban J connectivity index is 3.31. The van der Waals surface area contributed by atoms with Crippen LogP contribution < -0.4 is 0 Å². The van der Waals surface area contributed by atoms with Gasteiger partial charge in [0.2, 0.25) is 0 Å². The van der Waals surface area contributed by atoms with Crippen LogP contribution in [0.1, 0.15) is 31.4 Å². The second-order valence-corrected chi connectivity index (χ2v) is 3.69. The average molecular weight is 200 g/mol. The van der Waals surface area contributed by atoms with Gasteiger partial charge in [-0.05, 0) is 25.8 Å². The van der Waals surface area contributed by atoms with Crippen LogP contribution in [0.2, 0.25) is 0 Å². The average Bonchev–Trinajstić information content (AvgIpc) is 2.14. The van der Waals surface area contributed by atoms with E-state index in [1.807, 2.05) is 0 Å². The molecule has 0 radical (unpaired) electrons. The van der Waals surface area contributed by atoms with Crippen molar-refractivity contribution in [1.82, 2.24) is 0 Å². The van der Waals surface area contributed by atoms with E-state index in [4.69, 9.17) is 0 Å². The summed E-state index contributed by atoms with van der Waals surface area (Å²) < 4.78 is 26.6. The fraction of sp³-hybridized carbons (Fsp3) is 0.455. The van der Waals surface area contributed by atoms with E-state index in [0.717, 1.165) is 0 Å². The molecule has 0 bridgehead atoms. The van der Waals surface area contributed by atoms with Crippen LogP contribution in [-0.4, -0.2) is 5.11 Å². The number of aliphatic hydroxyl groups is 1. The first-order valence-corrected chi connectivity index (χ1v) is 4.57. The van der Waals surface area contributed by atoms with Crippen molar-refractivity contribution in [2.24, 2.45) is 0 Å². The van der Waals surface area contributed by atoms with Gasteiger partial charge in [0, 0.05) is 5.56 Å². The molecule has 0 aromatic heterocycles. The summed E-state index contributed by atoms with van der Waals surface area (Å²) in [5.41, 5.74) is -1.04. The van der Waals surface area contributed by atoms with Crippen molar-refractivity contribution in [3.05, 3.63) is 34.9 Å². The molecule has 1 nitrogen and oxygen atoms in total. The molecule has 78 valence electrons. The van der Waals surface area contributed by atoms with Crippen molar-refractivity contribution < 1.29 is 13.9 Å². The molecule has 1 aromatic carbocycles. The second kappa shape index (κ2) is 3.65. The van der Waals surface area contributed by atoms with Crippen LogP contribution in [-0.2, 0) is 5.60 Å². The van der Waals surface area contributed by atoms with Crippen LogP contribution in [0.3, 0.4) is 0 Å². The Morgan fingerprint density at radius 1 is 1.29 bits per heavy atom. The monoisotopic (exact) mass is 200 g/mol. The number of hydrogen-bond acceptors (Lipinski definition) is 1. The maximum absolute atomic E-state index is 13.4. The molecule has 1 unspecified atom stereocenters. The van der Waals surface area contributed by atoms with Gasteiger partial charge in [-0.2, -0.15) is 0 Å². The van der Waals surface area contributed by atoms with E-state index in [0.29, 0.717) is 6.42 Å². The molecule has 0 heterocycles. The number of benzene rings is 1. The van der Waals surface area contributed by atoms with E-state index in [2.05, 4.69) is 0 Å². The summed E-state index contributed by atoms with van der Waals surface area (Å²) in [6.45, 7) is 4.68. The highest BCUT2D eigenvalue weighted by atomic mass is 19.2. The molecular formula is C11H14F2O. The topological polar surface area (TPSA) is 20.2 Å². The Bertz CT molecular complexity index is 345. The van der Waals surface area contributed by atoms with Crippen molar-refractivity contribution in [2.45, 2.75) is 32.8 Å². The largest absolute Gasteiger partial charge is 0.385 e. The van der Waals surface area contributed by atoms with Crippen molar-refractivity contribution in [2.75, 3.05) is 0 Å². The summed E-state index contributed by atoms with van der Waals surface area (Å²) in [5, 5.41) is 9.78. The van der Waals surface area contributed by atoms with E-state index >= 15 is 0 Å². The summed E-state index contributed by atoms with van der Waals surface area (Å²) >= 11 is 0. The Morgan fingerprint density at radius 2 is 1.86 bits per heavy atom. The number of hydrogen-bond donors (Lipinski definition) is 1. The number of rotatable bonds is 2. The van der Waals surface area contributed by atoms with E-state index in [1.165, 1.54) is 26.0 Å². The number of halogens is 2. The highest BCUT2D eigenvalue weighted by molar-refractivity contribution is 5.29. The van der Waals surface area contributed by atoms with Crippen LogP contribution in [0.4, 0.5) is 8.78 Å². The lowest BCUT2D eigenvalue weighted by Gasteiger charge is -2.22. The van der Waals surface area contributed by atoms with E-state index < -0.39 is 17.2 Å². The molecule has 0 saturated heterocycles. The Kier molecular flexibility index (Phi) is 2.90. The zero-order valence-corrected chi connectivity index (χ0v) is 8.56. The first-order valence-electron chi connectivity index (χ1n) is 4.57. The molecule has 1 N–H and O–H groups in total. The zero-order chi connectivity index (χ0) is 10.9. The molecule has 1 atom stereocenters. The molecule has 0 spiro atoms. The molecule has 1 aromatic rings. The SMILES string of the molecule is CCC(C)(O)c1ccc(C)c(F)c1F. The van der Waals surface area contributed by atoms with Crippen LogP contribution >= 0.6 is 0 Å². The van der Waals surface area contributed by atoms with Gasteiger partial charge in [-0.3, -0.25) is 0 Å². The van der Waals surface area contributed by atoms with E-state index in [1.54, 1.807) is 6.92 Å². The van der Waals surface area contributed by atoms with Crippen molar-refractivity contribution in [1.29, 1.82) is 0 Å². The maximum atomic E-state index is 13.4. The normalized spacial score (nSPS) is 15.3. The van der Waals surface area contributed by atoms with Crippen LogP contribution in [0.15, 0.2) is 12.1 Å². The Labute approximate surface area is 82.4 Å². The first-order chi connectivity index (χ1) is 6.40. The predicted octanol–water partition coefficient (Wildman–Crippen LogP) is 2.89. The third-order valence-electron chi connectivity index (χ3n) is 2.54. The smallest absolute Gasteiger partial charge is 0.165 e. The van der Waals surface area contributed by atoms with Gasteiger partial charge < -0.3 is 5.11 Å². The maximum Gasteiger partial charge on any atom is 0.165 e. The van der Waals surface area contributed by atoms with Gasteiger partial charge in [-0.25, -0.2) is 8.78 Å². The highest BCUT2D eigenvalue weighted by Crippen LogP contribution is 2.28. The molecule has 0 saturated carbocycles. The van der Waals surface area contributed by atoms with Gasteiger partial charge in [-0.15, -0.1) is 0 Å².